The number of nitrogens with one attached hydrogen (secondary N) is 1. The molecule has 0 fully saturated rings. The van der Waals surface area contributed by atoms with Gasteiger partial charge in [0, 0.05) is 12.0 Å². The highest BCUT2D eigenvalue weighted by Gasteiger charge is 2.07. The average Bonchev–Trinajstić information content (AvgIpc) is 2.79. The molecule has 90 valence electrons. The molecule has 0 aliphatic carbocycles. The molecule has 0 atom stereocenters. The molecule has 2 aromatic rings. The lowest BCUT2D eigenvalue weighted by atomic mass is 10.2. The summed E-state index contributed by atoms with van der Waals surface area (Å²) < 4.78 is 5.14. The molecule has 0 spiro atoms. The second-order valence-corrected chi connectivity index (χ2v) is 3.77. The van der Waals surface area contributed by atoms with E-state index >= 15 is 0 Å². The van der Waals surface area contributed by atoms with E-state index in [9.17, 15) is 5.11 Å². The fraction of sp³-hybridized carbons (Fsp3) is 0.333. The SMILES string of the molecule is CNCCCc1nc(-c2ccc(O)cc2)no1. The van der Waals surface area contributed by atoms with Gasteiger partial charge in [-0.15, -0.1) is 0 Å². The normalized spacial score (nSPS) is 10.6. The van der Waals surface area contributed by atoms with Gasteiger partial charge in [-0.05, 0) is 44.3 Å². The minimum Gasteiger partial charge on any atom is -0.508 e. The third-order valence-electron chi connectivity index (χ3n) is 2.41. The molecular formula is C12H15N3O2. The van der Waals surface area contributed by atoms with Crippen molar-refractivity contribution in [3.05, 3.63) is 30.2 Å². The summed E-state index contributed by atoms with van der Waals surface area (Å²) in [5, 5.41) is 16.2. The number of aryl methyl sites for hydroxylation is 1. The van der Waals surface area contributed by atoms with E-state index in [4.69, 9.17) is 4.52 Å². The number of hydrogen-bond acceptors (Lipinski definition) is 5. The van der Waals surface area contributed by atoms with Crippen molar-refractivity contribution in [2.75, 3.05) is 13.6 Å². The Morgan fingerprint density at radius 3 is 2.76 bits per heavy atom. The summed E-state index contributed by atoms with van der Waals surface area (Å²) in [7, 11) is 1.91. The van der Waals surface area contributed by atoms with E-state index in [2.05, 4.69) is 15.5 Å². The first-order chi connectivity index (χ1) is 8.29. The molecular weight excluding hydrogens is 218 g/mol. The van der Waals surface area contributed by atoms with Crippen LogP contribution in [0.1, 0.15) is 12.3 Å². The van der Waals surface area contributed by atoms with Crippen molar-refractivity contribution in [2.24, 2.45) is 0 Å². The molecule has 5 nitrogen and oxygen atoms in total. The zero-order valence-electron chi connectivity index (χ0n) is 9.68. The van der Waals surface area contributed by atoms with Crippen molar-refractivity contribution >= 4 is 0 Å². The van der Waals surface area contributed by atoms with Gasteiger partial charge in [-0.1, -0.05) is 5.16 Å². The second kappa shape index (κ2) is 5.45. The van der Waals surface area contributed by atoms with E-state index in [1.165, 1.54) is 0 Å². The Kier molecular flexibility index (Phi) is 3.72. The fourth-order valence-corrected chi connectivity index (χ4v) is 1.50. The van der Waals surface area contributed by atoms with Gasteiger partial charge in [-0.2, -0.15) is 4.98 Å². The van der Waals surface area contributed by atoms with Gasteiger partial charge in [0.1, 0.15) is 5.75 Å². The number of aromatic hydroxyl groups is 1. The number of hydrogen-bond donors (Lipinski definition) is 2. The Morgan fingerprint density at radius 2 is 2.06 bits per heavy atom. The minimum atomic E-state index is 0.228. The molecule has 0 amide bonds. The monoisotopic (exact) mass is 233 g/mol. The van der Waals surface area contributed by atoms with Gasteiger partial charge < -0.3 is 14.9 Å². The van der Waals surface area contributed by atoms with Crippen LogP contribution in [0.5, 0.6) is 5.75 Å². The van der Waals surface area contributed by atoms with Crippen LogP contribution in [0.15, 0.2) is 28.8 Å². The summed E-state index contributed by atoms with van der Waals surface area (Å²) in [4.78, 5) is 4.29. The van der Waals surface area contributed by atoms with Crippen LogP contribution < -0.4 is 5.32 Å². The zero-order valence-corrected chi connectivity index (χ0v) is 9.68. The van der Waals surface area contributed by atoms with Crippen LogP contribution in [-0.4, -0.2) is 28.8 Å². The lowest BCUT2D eigenvalue weighted by Crippen LogP contribution is -2.08. The van der Waals surface area contributed by atoms with Crippen molar-refractivity contribution in [3.8, 4) is 17.1 Å². The quantitative estimate of drug-likeness (QED) is 0.767. The smallest absolute Gasteiger partial charge is 0.227 e. The fourth-order valence-electron chi connectivity index (χ4n) is 1.50. The van der Waals surface area contributed by atoms with E-state index in [1.807, 2.05) is 7.05 Å². The predicted octanol–water partition coefficient (Wildman–Crippen LogP) is 1.59. The highest BCUT2D eigenvalue weighted by molar-refractivity contribution is 5.55. The van der Waals surface area contributed by atoms with Crippen molar-refractivity contribution in [1.29, 1.82) is 0 Å². The maximum absolute atomic E-state index is 9.18. The molecule has 17 heavy (non-hydrogen) atoms. The molecule has 2 N–H and O–H groups in total. The molecule has 1 heterocycles. The number of aromatic nitrogens is 2. The van der Waals surface area contributed by atoms with Crippen LogP contribution in [0.2, 0.25) is 0 Å². The molecule has 0 radical (unpaired) electrons. The lowest BCUT2D eigenvalue weighted by molar-refractivity contribution is 0.375. The number of phenols is 1. The van der Waals surface area contributed by atoms with Gasteiger partial charge >= 0.3 is 0 Å². The molecule has 0 unspecified atom stereocenters. The van der Waals surface area contributed by atoms with Crippen molar-refractivity contribution in [1.82, 2.24) is 15.5 Å². The summed E-state index contributed by atoms with van der Waals surface area (Å²) in [5.41, 5.74) is 0.839. The van der Waals surface area contributed by atoms with Crippen LogP contribution in [-0.2, 0) is 6.42 Å². The van der Waals surface area contributed by atoms with E-state index < -0.39 is 0 Å². The number of phenolic OH excluding ortho intramolecular Hbond substituents is 1. The van der Waals surface area contributed by atoms with Crippen LogP contribution in [0, 0.1) is 0 Å². The summed E-state index contributed by atoms with van der Waals surface area (Å²) in [5.74, 6) is 1.43. The highest BCUT2D eigenvalue weighted by Crippen LogP contribution is 2.19. The molecule has 5 heteroatoms. The zero-order chi connectivity index (χ0) is 12.1. The first-order valence-corrected chi connectivity index (χ1v) is 5.56. The third-order valence-corrected chi connectivity index (χ3v) is 2.41. The van der Waals surface area contributed by atoms with Gasteiger partial charge in [0.15, 0.2) is 0 Å². The van der Waals surface area contributed by atoms with Crippen LogP contribution >= 0.6 is 0 Å². The standard InChI is InChI=1S/C12H15N3O2/c1-13-8-2-3-11-14-12(15-17-11)9-4-6-10(16)7-5-9/h4-7,13,16H,2-3,8H2,1H3. The summed E-state index contributed by atoms with van der Waals surface area (Å²) in [6, 6.07) is 6.73. The van der Waals surface area contributed by atoms with E-state index in [1.54, 1.807) is 24.3 Å². The maximum atomic E-state index is 9.18. The molecule has 1 aromatic heterocycles. The van der Waals surface area contributed by atoms with E-state index in [-0.39, 0.29) is 5.75 Å². The Hall–Kier alpha value is -1.88. The molecule has 0 aliphatic heterocycles. The second-order valence-electron chi connectivity index (χ2n) is 3.77. The average molecular weight is 233 g/mol. The van der Waals surface area contributed by atoms with Gasteiger partial charge in [0.05, 0.1) is 0 Å². The summed E-state index contributed by atoms with van der Waals surface area (Å²) in [6.07, 6.45) is 1.74. The lowest BCUT2D eigenvalue weighted by Gasteiger charge is -1.94. The Morgan fingerprint density at radius 1 is 1.29 bits per heavy atom. The maximum Gasteiger partial charge on any atom is 0.227 e. The Bertz CT molecular complexity index is 465. The van der Waals surface area contributed by atoms with Crippen molar-refractivity contribution in [2.45, 2.75) is 12.8 Å². The number of benzene rings is 1. The summed E-state index contributed by atoms with van der Waals surface area (Å²) in [6.45, 7) is 0.928. The van der Waals surface area contributed by atoms with Crippen LogP contribution in [0.4, 0.5) is 0 Å². The van der Waals surface area contributed by atoms with Gasteiger partial charge in [0.25, 0.3) is 0 Å². The van der Waals surface area contributed by atoms with Crippen molar-refractivity contribution in [3.63, 3.8) is 0 Å². The molecule has 0 bridgehead atoms. The topological polar surface area (TPSA) is 71.2 Å². The van der Waals surface area contributed by atoms with Crippen LogP contribution in [0.25, 0.3) is 11.4 Å². The molecule has 0 saturated heterocycles. The Balaban J connectivity index is 2.04. The molecule has 1 aromatic carbocycles. The van der Waals surface area contributed by atoms with Crippen molar-refractivity contribution < 1.29 is 9.63 Å². The first-order valence-electron chi connectivity index (χ1n) is 5.56. The van der Waals surface area contributed by atoms with Gasteiger partial charge in [-0.25, -0.2) is 0 Å². The van der Waals surface area contributed by atoms with Gasteiger partial charge in [0.2, 0.25) is 11.7 Å². The molecule has 0 saturated carbocycles. The largest absolute Gasteiger partial charge is 0.508 e. The van der Waals surface area contributed by atoms with E-state index in [0.29, 0.717) is 11.7 Å². The predicted molar refractivity (Wildman–Crippen MR) is 63.6 cm³/mol. The minimum absolute atomic E-state index is 0.228. The Labute approximate surface area is 99.5 Å². The number of nitrogens with zero attached hydrogens (tertiary/aromatic N) is 2. The van der Waals surface area contributed by atoms with E-state index in [0.717, 1.165) is 24.9 Å². The first kappa shape index (κ1) is 11.6. The van der Waals surface area contributed by atoms with Gasteiger partial charge in [-0.3, -0.25) is 0 Å². The number of rotatable bonds is 5. The van der Waals surface area contributed by atoms with Crippen LogP contribution in [0.3, 0.4) is 0 Å². The summed E-state index contributed by atoms with van der Waals surface area (Å²) >= 11 is 0. The third kappa shape index (κ3) is 3.04. The molecule has 0 aliphatic rings. The molecule has 2 rings (SSSR count). The highest BCUT2D eigenvalue weighted by atomic mass is 16.5.